The van der Waals surface area contributed by atoms with Crippen LogP contribution in [0.1, 0.15) is 25.7 Å². The average Bonchev–Trinajstić information content (AvgIpc) is 1.99. The molecular weight excluding hydrogens is 130 g/mol. The predicted octanol–water partition coefficient (Wildman–Crippen LogP) is -0.331. The van der Waals surface area contributed by atoms with E-state index in [4.69, 9.17) is 0 Å². The lowest BCUT2D eigenvalue weighted by Gasteiger charge is -2.12. The Morgan fingerprint density at radius 3 is 2.89 bits per heavy atom. The smallest absolute Gasteiger partial charge is 0.214 e. The number of amides is 1. The number of nitrogens with zero attached hydrogens (tertiary/aromatic N) is 1. The number of rotatable bonds is 0. The molecule has 0 aromatic rings. The second-order valence-corrected chi connectivity index (χ2v) is 3.71. The Kier molecular flexibility index (Phi) is 2.27. The van der Waals surface area contributed by atoms with Gasteiger partial charge in [-0.3, -0.25) is 4.79 Å². The summed E-state index contributed by atoms with van der Waals surface area (Å²) in [5.74, 6) is 0.374. The lowest BCUT2D eigenvalue weighted by molar-refractivity contribution is -0.126. The first kappa shape index (κ1) is 6.80. The lowest BCUT2D eigenvalue weighted by atomic mass is 10.2. The van der Waals surface area contributed by atoms with Gasteiger partial charge in [-0.25, -0.2) is 0 Å². The summed E-state index contributed by atoms with van der Waals surface area (Å²) in [6.45, 7) is 1.02. The molecule has 9 heavy (non-hydrogen) atoms. The molecular formula is C6H13NOSi. The minimum absolute atomic E-state index is 0.374. The second-order valence-electron chi connectivity index (χ2n) is 2.63. The van der Waals surface area contributed by atoms with E-state index in [2.05, 4.69) is 0 Å². The molecule has 0 aliphatic carbocycles. The quantitative estimate of drug-likeness (QED) is 0.425. The summed E-state index contributed by atoms with van der Waals surface area (Å²) in [5, 5.41) is 0. The van der Waals surface area contributed by atoms with E-state index in [1.54, 1.807) is 0 Å². The van der Waals surface area contributed by atoms with Gasteiger partial charge in [0.2, 0.25) is 5.91 Å². The summed E-state index contributed by atoms with van der Waals surface area (Å²) in [4.78, 5) is 11.0. The van der Waals surface area contributed by atoms with Crippen LogP contribution in [0.4, 0.5) is 0 Å². The van der Waals surface area contributed by atoms with E-state index in [-0.39, 0.29) is 0 Å². The van der Waals surface area contributed by atoms with E-state index in [0.29, 0.717) is 5.91 Å². The van der Waals surface area contributed by atoms with Crippen molar-refractivity contribution in [2.75, 3.05) is 6.54 Å². The van der Waals surface area contributed by atoms with E-state index in [1.165, 1.54) is 12.8 Å². The SMILES string of the molecule is O=C1CCCCCN1[SiH3]. The minimum Gasteiger partial charge on any atom is -0.378 e. The van der Waals surface area contributed by atoms with Gasteiger partial charge in [-0.2, -0.15) is 0 Å². The van der Waals surface area contributed by atoms with Crippen LogP contribution < -0.4 is 0 Å². The van der Waals surface area contributed by atoms with Crippen LogP contribution in [0.15, 0.2) is 0 Å². The molecule has 3 heteroatoms. The zero-order valence-corrected chi connectivity index (χ0v) is 7.89. The molecule has 0 aromatic heterocycles. The second kappa shape index (κ2) is 3.01. The van der Waals surface area contributed by atoms with Crippen LogP contribution >= 0.6 is 0 Å². The van der Waals surface area contributed by atoms with Crippen molar-refractivity contribution in [3.63, 3.8) is 0 Å². The van der Waals surface area contributed by atoms with Crippen LogP contribution in [0.5, 0.6) is 0 Å². The normalized spacial score (nSPS) is 22.2. The van der Waals surface area contributed by atoms with E-state index in [0.717, 1.165) is 29.8 Å². The number of hydrogen-bond donors (Lipinski definition) is 0. The highest BCUT2D eigenvalue weighted by molar-refractivity contribution is 6.14. The zero-order chi connectivity index (χ0) is 6.69. The van der Waals surface area contributed by atoms with Crippen molar-refractivity contribution in [3.05, 3.63) is 0 Å². The fourth-order valence-electron chi connectivity index (χ4n) is 1.12. The molecule has 0 saturated carbocycles. The van der Waals surface area contributed by atoms with Crippen LogP contribution in [-0.4, -0.2) is 27.4 Å². The molecule has 1 saturated heterocycles. The number of carbonyl (C=O) groups is 1. The van der Waals surface area contributed by atoms with E-state index < -0.39 is 0 Å². The van der Waals surface area contributed by atoms with Crippen LogP contribution in [0.25, 0.3) is 0 Å². The average molecular weight is 143 g/mol. The summed E-state index contributed by atoms with van der Waals surface area (Å²) in [7, 11) is 0.916. The van der Waals surface area contributed by atoms with Crippen molar-refractivity contribution in [1.29, 1.82) is 0 Å². The first-order valence-electron chi connectivity index (χ1n) is 3.54. The summed E-state index contributed by atoms with van der Waals surface area (Å²) < 4.78 is 1.97. The molecule has 1 aliphatic rings. The van der Waals surface area contributed by atoms with Crippen molar-refractivity contribution in [1.82, 2.24) is 4.57 Å². The molecule has 1 fully saturated rings. The van der Waals surface area contributed by atoms with Gasteiger partial charge in [0.15, 0.2) is 0 Å². The molecule has 0 radical (unpaired) electrons. The molecule has 0 aromatic carbocycles. The van der Waals surface area contributed by atoms with Gasteiger partial charge in [-0.1, -0.05) is 6.42 Å². The molecule has 1 amide bonds. The zero-order valence-electron chi connectivity index (χ0n) is 5.89. The van der Waals surface area contributed by atoms with Crippen molar-refractivity contribution < 1.29 is 4.79 Å². The third kappa shape index (κ3) is 1.82. The number of carbonyl (C=O) groups excluding carboxylic acids is 1. The lowest BCUT2D eigenvalue weighted by Crippen LogP contribution is -2.26. The molecule has 0 N–H and O–H groups in total. The van der Waals surface area contributed by atoms with Gasteiger partial charge in [-0.05, 0) is 12.8 Å². The highest BCUT2D eigenvalue weighted by Gasteiger charge is 2.10. The van der Waals surface area contributed by atoms with Crippen LogP contribution in [0.2, 0.25) is 0 Å². The summed E-state index contributed by atoms with van der Waals surface area (Å²) in [6, 6.07) is 0. The molecule has 0 unspecified atom stereocenters. The van der Waals surface area contributed by atoms with Gasteiger partial charge in [0.25, 0.3) is 0 Å². The molecule has 0 bridgehead atoms. The van der Waals surface area contributed by atoms with E-state index in [1.807, 2.05) is 4.57 Å². The Morgan fingerprint density at radius 2 is 2.11 bits per heavy atom. The van der Waals surface area contributed by atoms with Gasteiger partial charge >= 0.3 is 0 Å². The van der Waals surface area contributed by atoms with Crippen molar-refractivity contribution >= 4 is 16.3 Å². The Balaban J connectivity index is 2.41. The summed E-state index contributed by atoms with van der Waals surface area (Å²) >= 11 is 0. The summed E-state index contributed by atoms with van der Waals surface area (Å²) in [5.41, 5.74) is 0. The number of hydrogen-bond acceptors (Lipinski definition) is 1. The Bertz CT molecular complexity index is 116. The first-order chi connectivity index (χ1) is 4.30. The van der Waals surface area contributed by atoms with Crippen LogP contribution in [0, 0.1) is 0 Å². The molecule has 1 heterocycles. The molecule has 52 valence electrons. The van der Waals surface area contributed by atoms with Crippen molar-refractivity contribution in [2.24, 2.45) is 0 Å². The minimum atomic E-state index is 0.374. The first-order valence-corrected chi connectivity index (χ1v) is 4.44. The van der Waals surface area contributed by atoms with Crippen LogP contribution in [-0.2, 0) is 4.79 Å². The standard InChI is InChI=1S/C6H13NOSi/c8-6-4-2-1-3-5-7(6)9/h1-5H2,9H3. The van der Waals surface area contributed by atoms with Crippen molar-refractivity contribution in [2.45, 2.75) is 25.7 Å². The molecule has 0 atom stereocenters. The Hall–Kier alpha value is -0.313. The van der Waals surface area contributed by atoms with E-state index in [9.17, 15) is 4.79 Å². The van der Waals surface area contributed by atoms with Gasteiger partial charge < -0.3 is 4.57 Å². The molecule has 1 rings (SSSR count). The van der Waals surface area contributed by atoms with Gasteiger partial charge in [0.1, 0.15) is 10.4 Å². The fraction of sp³-hybridized carbons (Fsp3) is 0.833. The van der Waals surface area contributed by atoms with Gasteiger partial charge in [0.05, 0.1) is 0 Å². The molecule has 0 spiro atoms. The third-order valence-corrected chi connectivity index (χ3v) is 2.76. The Labute approximate surface area is 58.7 Å². The highest BCUT2D eigenvalue weighted by Crippen LogP contribution is 2.07. The monoisotopic (exact) mass is 143 g/mol. The maximum absolute atomic E-state index is 11.0. The van der Waals surface area contributed by atoms with Gasteiger partial charge in [0, 0.05) is 13.0 Å². The maximum Gasteiger partial charge on any atom is 0.214 e. The van der Waals surface area contributed by atoms with Crippen molar-refractivity contribution in [3.8, 4) is 0 Å². The van der Waals surface area contributed by atoms with Crippen LogP contribution in [0.3, 0.4) is 0 Å². The topological polar surface area (TPSA) is 20.3 Å². The Morgan fingerprint density at radius 1 is 1.33 bits per heavy atom. The highest BCUT2D eigenvalue weighted by atomic mass is 28.2. The summed E-state index contributed by atoms with van der Waals surface area (Å²) in [6.07, 6.45) is 4.36. The van der Waals surface area contributed by atoms with Gasteiger partial charge in [-0.15, -0.1) is 0 Å². The maximum atomic E-state index is 11.0. The predicted molar refractivity (Wildman–Crippen MR) is 40.1 cm³/mol. The third-order valence-electron chi connectivity index (χ3n) is 1.81. The molecule has 1 aliphatic heterocycles. The molecule has 2 nitrogen and oxygen atoms in total. The largest absolute Gasteiger partial charge is 0.378 e. The van der Waals surface area contributed by atoms with E-state index >= 15 is 0 Å². The fourth-order valence-corrected chi connectivity index (χ4v) is 1.66.